The summed E-state index contributed by atoms with van der Waals surface area (Å²) in [5.41, 5.74) is 4.50. The highest BCUT2D eigenvalue weighted by molar-refractivity contribution is 7.10. The van der Waals surface area contributed by atoms with Crippen LogP contribution in [0, 0.1) is 0 Å². The Morgan fingerprint density at radius 3 is 2.21 bits per heavy atom. The van der Waals surface area contributed by atoms with Gasteiger partial charge in [0, 0.05) is 0 Å². The molecular formula is C7H6F5NS. The molecule has 0 aliphatic carbocycles. The molecule has 1 atom stereocenters. The standard InChI is InChI=1S/C7H6F5NS/c8-6(9)4-1-3(2-14-4)5(13)7(10,11)12/h1-2,5-6H,13H2/t5-/m1/s1. The van der Waals surface area contributed by atoms with Crippen molar-refractivity contribution in [3.8, 4) is 0 Å². The molecule has 1 aromatic heterocycles. The van der Waals surface area contributed by atoms with Crippen LogP contribution in [0.1, 0.15) is 22.9 Å². The molecule has 0 aliphatic heterocycles. The molecule has 0 fully saturated rings. The SMILES string of the molecule is N[C@H](c1csc(C(F)F)c1)C(F)(F)F. The van der Waals surface area contributed by atoms with Gasteiger partial charge in [0.05, 0.1) is 4.88 Å². The first-order valence-corrected chi connectivity index (χ1v) is 4.39. The van der Waals surface area contributed by atoms with Crippen LogP contribution in [0.4, 0.5) is 22.0 Å². The topological polar surface area (TPSA) is 26.0 Å². The van der Waals surface area contributed by atoms with Crippen molar-refractivity contribution in [1.29, 1.82) is 0 Å². The summed E-state index contributed by atoms with van der Waals surface area (Å²) in [7, 11) is 0. The zero-order chi connectivity index (χ0) is 10.9. The maximum absolute atomic E-state index is 12.0. The lowest BCUT2D eigenvalue weighted by molar-refractivity contribution is -0.149. The van der Waals surface area contributed by atoms with Crippen LogP contribution in [0.3, 0.4) is 0 Å². The Hall–Kier alpha value is -0.690. The minimum absolute atomic E-state index is 0.321. The lowest BCUT2D eigenvalue weighted by Gasteiger charge is -2.13. The first-order chi connectivity index (χ1) is 6.32. The summed E-state index contributed by atoms with van der Waals surface area (Å²) in [5.74, 6) is 0. The Morgan fingerprint density at radius 1 is 1.29 bits per heavy atom. The van der Waals surface area contributed by atoms with Crippen molar-refractivity contribution in [1.82, 2.24) is 0 Å². The van der Waals surface area contributed by atoms with Gasteiger partial charge in [-0.2, -0.15) is 13.2 Å². The predicted octanol–water partition coefficient (Wildman–Crippen LogP) is 3.25. The van der Waals surface area contributed by atoms with Gasteiger partial charge in [0.25, 0.3) is 6.43 Å². The van der Waals surface area contributed by atoms with Crippen LogP contribution in [0.15, 0.2) is 11.4 Å². The van der Waals surface area contributed by atoms with Gasteiger partial charge in [0.1, 0.15) is 6.04 Å². The molecule has 0 aliphatic rings. The molecule has 0 aromatic carbocycles. The van der Waals surface area contributed by atoms with Gasteiger partial charge in [0.15, 0.2) is 0 Å². The Bertz CT molecular complexity index is 305. The average Bonchev–Trinajstić information content (AvgIpc) is 2.48. The van der Waals surface area contributed by atoms with E-state index >= 15 is 0 Å². The minimum atomic E-state index is -4.60. The molecule has 7 heteroatoms. The molecule has 1 rings (SSSR count). The second-order valence-electron chi connectivity index (χ2n) is 2.60. The van der Waals surface area contributed by atoms with Crippen molar-refractivity contribution in [3.05, 3.63) is 21.9 Å². The van der Waals surface area contributed by atoms with Crippen molar-refractivity contribution >= 4 is 11.3 Å². The van der Waals surface area contributed by atoms with Crippen molar-refractivity contribution in [2.75, 3.05) is 0 Å². The number of rotatable bonds is 2. The summed E-state index contributed by atoms with van der Waals surface area (Å²) < 4.78 is 60.2. The number of nitrogens with two attached hydrogens (primary N) is 1. The molecule has 1 nitrogen and oxygen atoms in total. The molecule has 0 unspecified atom stereocenters. The van der Waals surface area contributed by atoms with Gasteiger partial charge in [-0.1, -0.05) is 0 Å². The molecule has 80 valence electrons. The quantitative estimate of drug-likeness (QED) is 0.777. The first kappa shape index (κ1) is 11.4. The minimum Gasteiger partial charge on any atom is -0.316 e. The van der Waals surface area contributed by atoms with Gasteiger partial charge in [-0.3, -0.25) is 0 Å². The fourth-order valence-electron chi connectivity index (χ4n) is 0.835. The van der Waals surface area contributed by atoms with Gasteiger partial charge in [-0.05, 0) is 17.0 Å². The number of hydrogen-bond acceptors (Lipinski definition) is 2. The summed E-state index contributed by atoms with van der Waals surface area (Å²) in [6.07, 6.45) is -7.35. The molecular weight excluding hydrogens is 225 g/mol. The molecule has 0 bridgehead atoms. The first-order valence-electron chi connectivity index (χ1n) is 3.51. The van der Waals surface area contributed by atoms with Crippen molar-refractivity contribution in [2.24, 2.45) is 5.73 Å². The fourth-order valence-corrected chi connectivity index (χ4v) is 1.63. The van der Waals surface area contributed by atoms with Crippen LogP contribution in [0.2, 0.25) is 0 Å². The zero-order valence-electron chi connectivity index (χ0n) is 6.68. The summed E-state index contributed by atoms with van der Waals surface area (Å²) >= 11 is 0.572. The van der Waals surface area contributed by atoms with E-state index < -0.39 is 23.5 Å². The lowest BCUT2D eigenvalue weighted by Crippen LogP contribution is -2.27. The highest BCUT2D eigenvalue weighted by Gasteiger charge is 2.38. The Labute approximate surface area is 80.3 Å². The second-order valence-corrected chi connectivity index (χ2v) is 3.55. The molecule has 2 N–H and O–H groups in total. The number of hydrogen-bond donors (Lipinski definition) is 1. The smallest absolute Gasteiger partial charge is 0.316 e. The van der Waals surface area contributed by atoms with E-state index in [1.807, 2.05) is 0 Å². The Kier molecular flexibility index (Phi) is 3.10. The van der Waals surface area contributed by atoms with E-state index in [0.29, 0.717) is 11.3 Å². The predicted molar refractivity (Wildman–Crippen MR) is 42.3 cm³/mol. The van der Waals surface area contributed by atoms with Gasteiger partial charge >= 0.3 is 6.18 Å². The maximum atomic E-state index is 12.0. The summed E-state index contributed by atoms with van der Waals surface area (Å²) in [4.78, 5) is -0.403. The van der Waals surface area contributed by atoms with Crippen LogP contribution < -0.4 is 5.73 Å². The molecule has 0 saturated heterocycles. The highest BCUT2D eigenvalue weighted by atomic mass is 32.1. The molecule has 0 amide bonds. The van der Waals surface area contributed by atoms with Crippen LogP contribution >= 0.6 is 11.3 Å². The monoisotopic (exact) mass is 231 g/mol. The van der Waals surface area contributed by atoms with E-state index in [9.17, 15) is 22.0 Å². The second kappa shape index (κ2) is 3.82. The lowest BCUT2D eigenvalue weighted by atomic mass is 10.1. The summed E-state index contributed by atoms with van der Waals surface area (Å²) in [5, 5.41) is 1.000. The summed E-state index contributed by atoms with van der Waals surface area (Å²) in [6.45, 7) is 0. The van der Waals surface area contributed by atoms with Crippen LogP contribution in [0.5, 0.6) is 0 Å². The molecule has 0 spiro atoms. The molecule has 1 heterocycles. The molecule has 14 heavy (non-hydrogen) atoms. The highest BCUT2D eigenvalue weighted by Crippen LogP contribution is 2.35. The number of alkyl halides is 5. The Balaban J connectivity index is 2.87. The van der Waals surface area contributed by atoms with Crippen molar-refractivity contribution < 1.29 is 22.0 Å². The van der Waals surface area contributed by atoms with Gasteiger partial charge < -0.3 is 5.73 Å². The molecule has 0 saturated carbocycles. The largest absolute Gasteiger partial charge is 0.407 e. The van der Waals surface area contributed by atoms with E-state index in [1.165, 1.54) is 0 Å². The van der Waals surface area contributed by atoms with E-state index in [-0.39, 0.29) is 5.56 Å². The van der Waals surface area contributed by atoms with Gasteiger partial charge in [-0.25, -0.2) is 8.78 Å². The zero-order valence-corrected chi connectivity index (χ0v) is 7.50. The average molecular weight is 231 g/mol. The third-order valence-electron chi connectivity index (χ3n) is 1.57. The van der Waals surface area contributed by atoms with Crippen molar-refractivity contribution in [3.63, 3.8) is 0 Å². The van der Waals surface area contributed by atoms with E-state index in [1.54, 1.807) is 0 Å². The summed E-state index contributed by atoms with van der Waals surface area (Å²) in [6, 6.07) is -1.40. The van der Waals surface area contributed by atoms with Crippen molar-refractivity contribution in [2.45, 2.75) is 18.6 Å². The number of thiophene rings is 1. The van der Waals surface area contributed by atoms with E-state index in [4.69, 9.17) is 5.73 Å². The van der Waals surface area contributed by atoms with Gasteiger partial charge in [-0.15, -0.1) is 11.3 Å². The normalized spacial score (nSPS) is 14.8. The molecule has 0 radical (unpaired) electrons. The maximum Gasteiger partial charge on any atom is 0.407 e. The van der Waals surface area contributed by atoms with E-state index in [0.717, 1.165) is 11.4 Å². The van der Waals surface area contributed by atoms with Gasteiger partial charge in [0.2, 0.25) is 0 Å². The molecule has 1 aromatic rings. The number of halogens is 5. The third kappa shape index (κ3) is 2.42. The third-order valence-corrected chi connectivity index (χ3v) is 2.53. The Morgan fingerprint density at radius 2 is 1.86 bits per heavy atom. The van der Waals surface area contributed by atoms with E-state index in [2.05, 4.69) is 0 Å². The fraction of sp³-hybridized carbons (Fsp3) is 0.429. The van der Waals surface area contributed by atoms with Crippen LogP contribution in [0.25, 0.3) is 0 Å². The van der Waals surface area contributed by atoms with Crippen LogP contribution in [-0.4, -0.2) is 6.18 Å². The van der Waals surface area contributed by atoms with Crippen LogP contribution in [-0.2, 0) is 0 Å².